The molecule has 7 heteroatoms. The lowest BCUT2D eigenvalue weighted by molar-refractivity contribution is 0.0972. The molecule has 3 rings (SSSR count). The summed E-state index contributed by atoms with van der Waals surface area (Å²) in [6, 6.07) is 12.7. The predicted octanol–water partition coefficient (Wildman–Crippen LogP) is 2.03. The molecular formula is C16H15N5O2. The highest BCUT2D eigenvalue weighted by Crippen LogP contribution is 2.28. The zero-order chi connectivity index (χ0) is 16.2. The van der Waals surface area contributed by atoms with Crippen LogP contribution in [0.15, 0.2) is 53.7 Å². The minimum absolute atomic E-state index is 0.0543. The molecule has 0 bridgehead atoms. The van der Waals surface area contributed by atoms with E-state index < -0.39 is 0 Å². The van der Waals surface area contributed by atoms with Crippen LogP contribution >= 0.6 is 0 Å². The molecule has 2 heterocycles. The third-order valence-electron chi connectivity index (χ3n) is 3.20. The first-order valence-electron chi connectivity index (χ1n) is 6.91. The van der Waals surface area contributed by atoms with Gasteiger partial charge in [-0.05, 0) is 18.2 Å². The molecule has 0 unspecified atom stereocenters. The summed E-state index contributed by atoms with van der Waals surface area (Å²) in [5, 5.41) is 3.32. The van der Waals surface area contributed by atoms with E-state index in [0.29, 0.717) is 22.8 Å². The quantitative estimate of drug-likeness (QED) is 0.508. The van der Waals surface area contributed by atoms with Crippen LogP contribution in [-0.2, 0) is 0 Å². The number of H-pyrrole nitrogens is 1. The highest BCUT2D eigenvalue weighted by Gasteiger charge is 2.13. The molecule has 7 nitrogen and oxygen atoms in total. The fourth-order valence-electron chi connectivity index (χ4n) is 2.10. The Morgan fingerprint density at radius 1 is 1.30 bits per heavy atom. The van der Waals surface area contributed by atoms with E-state index in [9.17, 15) is 4.79 Å². The Hall–Kier alpha value is -3.35. The zero-order valence-corrected chi connectivity index (χ0v) is 12.4. The summed E-state index contributed by atoms with van der Waals surface area (Å²) in [5.41, 5.74) is 6.58. The number of nitrogens with two attached hydrogens (primary N) is 1. The standard InChI is InChI=1S/C16H15N5O2/c1-18-16(17)21-15(22)11-9-10-5-4-6-12(14(10)20-11)23-13-7-2-3-8-19-13/h2-9,20H,1H3,(H3,17,18,21,22). The van der Waals surface area contributed by atoms with Gasteiger partial charge in [0, 0.05) is 24.7 Å². The molecule has 3 aromatic rings. The van der Waals surface area contributed by atoms with Gasteiger partial charge in [-0.2, -0.15) is 0 Å². The molecule has 0 saturated heterocycles. The lowest BCUT2D eigenvalue weighted by Crippen LogP contribution is -2.36. The van der Waals surface area contributed by atoms with Crippen LogP contribution in [0.5, 0.6) is 11.6 Å². The van der Waals surface area contributed by atoms with Gasteiger partial charge in [0.2, 0.25) is 5.88 Å². The van der Waals surface area contributed by atoms with Crippen LogP contribution in [0.4, 0.5) is 0 Å². The monoisotopic (exact) mass is 309 g/mol. The van der Waals surface area contributed by atoms with Gasteiger partial charge >= 0.3 is 0 Å². The van der Waals surface area contributed by atoms with Crippen molar-refractivity contribution in [3.05, 3.63) is 54.4 Å². The largest absolute Gasteiger partial charge is 0.437 e. The van der Waals surface area contributed by atoms with E-state index in [-0.39, 0.29) is 11.9 Å². The molecule has 0 spiro atoms. The molecule has 2 aromatic heterocycles. The van der Waals surface area contributed by atoms with Gasteiger partial charge < -0.3 is 15.5 Å². The van der Waals surface area contributed by atoms with Crippen molar-refractivity contribution in [2.24, 2.45) is 10.7 Å². The molecule has 116 valence electrons. The number of carbonyl (C=O) groups is 1. The van der Waals surface area contributed by atoms with Crippen molar-refractivity contribution in [3.63, 3.8) is 0 Å². The second kappa shape index (κ2) is 6.18. The first-order valence-corrected chi connectivity index (χ1v) is 6.91. The van der Waals surface area contributed by atoms with E-state index >= 15 is 0 Å². The van der Waals surface area contributed by atoms with Crippen LogP contribution < -0.4 is 15.8 Å². The maximum atomic E-state index is 12.1. The highest BCUT2D eigenvalue weighted by atomic mass is 16.5. The van der Waals surface area contributed by atoms with Crippen molar-refractivity contribution in [2.75, 3.05) is 7.05 Å². The Bertz CT molecular complexity index is 871. The maximum Gasteiger partial charge on any atom is 0.274 e. The van der Waals surface area contributed by atoms with E-state index in [2.05, 4.69) is 20.3 Å². The molecule has 0 aliphatic carbocycles. The summed E-state index contributed by atoms with van der Waals surface area (Å²) in [4.78, 5) is 23.0. The summed E-state index contributed by atoms with van der Waals surface area (Å²) in [7, 11) is 1.50. The summed E-state index contributed by atoms with van der Waals surface area (Å²) in [5.74, 6) is 0.743. The van der Waals surface area contributed by atoms with Crippen LogP contribution in [0.25, 0.3) is 10.9 Å². The van der Waals surface area contributed by atoms with E-state index in [4.69, 9.17) is 10.5 Å². The normalized spacial score (nSPS) is 11.4. The van der Waals surface area contributed by atoms with Gasteiger partial charge in [0.15, 0.2) is 11.7 Å². The molecule has 0 radical (unpaired) electrons. The first kappa shape index (κ1) is 14.6. The molecule has 23 heavy (non-hydrogen) atoms. The van der Waals surface area contributed by atoms with Crippen molar-refractivity contribution >= 4 is 22.8 Å². The summed E-state index contributed by atoms with van der Waals surface area (Å²) in [6.45, 7) is 0. The smallest absolute Gasteiger partial charge is 0.274 e. The van der Waals surface area contributed by atoms with Crippen molar-refractivity contribution in [1.82, 2.24) is 15.3 Å². The fraction of sp³-hybridized carbons (Fsp3) is 0.0625. The number of pyridine rings is 1. The molecule has 1 aromatic carbocycles. The van der Waals surface area contributed by atoms with Crippen molar-refractivity contribution < 1.29 is 9.53 Å². The number of aromatic nitrogens is 2. The number of hydrogen-bond acceptors (Lipinski definition) is 4. The molecule has 0 fully saturated rings. The third kappa shape index (κ3) is 3.13. The van der Waals surface area contributed by atoms with E-state index in [1.807, 2.05) is 24.3 Å². The van der Waals surface area contributed by atoms with Crippen LogP contribution in [0, 0.1) is 0 Å². The van der Waals surface area contributed by atoms with E-state index in [0.717, 1.165) is 5.39 Å². The number of aliphatic imine (C=N–C) groups is 1. The van der Waals surface area contributed by atoms with Gasteiger partial charge in [0.25, 0.3) is 5.91 Å². The molecule has 0 aliphatic rings. The number of carbonyl (C=O) groups excluding carboxylic acids is 1. The van der Waals surface area contributed by atoms with E-state index in [1.165, 1.54) is 7.05 Å². The first-order chi connectivity index (χ1) is 11.2. The lowest BCUT2D eigenvalue weighted by Gasteiger charge is -2.05. The van der Waals surface area contributed by atoms with Crippen molar-refractivity contribution in [3.8, 4) is 11.6 Å². The number of nitrogens with one attached hydrogen (secondary N) is 2. The molecular weight excluding hydrogens is 294 g/mol. The number of ether oxygens (including phenoxy) is 1. The minimum atomic E-state index is -0.368. The summed E-state index contributed by atoms with van der Waals surface area (Å²) < 4.78 is 5.76. The number of rotatable bonds is 3. The third-order valence-corrected chi connectivity index (χ3v) is 3.20. The Labute approximate surface area is 132 Å². The average molecular weight is 309 g/mol. The van der Waals surface area contributed by atoms with Crippen LogP contribution in [0.3, 0.4) is 0 Å². The Balaban J connectivity index is 1.94. The second-order valence-corrected chi connectivity index (χ2v) is 4.74. The Kier molecular flexibility index (Phi) is 3.92. The summed E-state index contributed by atoms with van der Waals surface area (Å²) >= 11 is 0. The number of hydrogen-bond donors (Lipinski definition) is 3. The SMILES string of the molecule is CN=C(N)NC(=O)c1cc2cccc(Oc3ccccn3)c2[nH]1. The molecule has 4 N–H and O–H groups in total. The van der Waals surface area contributed by atoms with Gasteiger partial charge in [0.05, 0.1) is 5.52 Å². The highest BCUT2D eigenvalue weighted by molar-refractivity contribution is 6.07. The molecule has 0 saturated carbocycles. The Morgan fingerprint density at radius 3 is 2.91 bits per heavy atom. The maximum absolute atomic E-state index is 12.1. The van der Waals surface area contributed by atoms with Gasteiger partial charge in [-0.3, -0.25) is 15.1 Å². The van der Waals surface area contributed by atoms with Crippen LogP contribution in [0.2, 0.25) is 0 Å². The fourth-order valence-corrected chi connectivity index (χ4v) is 2.10. The minimum Gasteiger partial charge on any atom is -0.437 e. The number of para-hydroxylation sites is 1. The van der Waals surface area contributed by atoms with Gasteiger partial charge in [-0.1, -0.05) is 18.2 Å². The number of amides is 1. The number of nitrogens with zero attached hydrogens (tertiary/aromatic N) is 2. The van der Waals surface area contributed by atoms with Crippen LogP contribution in [-0.4, -0.2) is 28.9 Å². The van der Waals surface area contributed by atoms with Gasteiger partial charge in [-0.25, -0.2) is 4.98 Å². The molecule has 0 atom stereocenters. The van der Waals surface area contributed by atoms with Crippen LogP contribution in [0.1, 0.15) is 10.5 Å². The predicted molar refractivity (Wildman–Crippen MR) is 87.6 cm³/mol. The Morgan fingerprint density at radius 2 is 2.17 bits per heavy atom. The van der Waals surface area contributed by atoms with Gasteiger partial charge in [-0.15, -0.1) is 0 Å². The topological polar surface area (TPSA) is 105 Å². The number of guanidine groups is 1. The number of fused-ring (bicyclic) bond motifs is 1. The number of aromatic amines is 1. The lowest BCUT2D eigenvalue weighted by atomic mass is 10.2. The van der Waals surface area contributed by atoms with Crippen molar-refractivity contribution in [1.29, 1.82) is 0 Å². The average Bonchev–Trinajstić information content (AvgIpc) is 3.01. The molecule has 0 aliphatic heterocycles. The number of benzene rings is 1. The van der Waals surface area contributed by atoms with E-state index in [1.54, 1.807) is 24.4 Å². The van der Waals surface area contributed by atoms with Crippen molar-refractivity contribution in [2.45, 2.75) is 0 Å². The zero-order valence-electron chi connectivity index (χ0n) is 12.4. The second-order valence-electron chi connectivity index (χ2n) is 4.74. The van der Waals surface area contributed by atoms with Gasteiger partial charge in [0.1, 0.15) is 5.69 Å². The molecule has 1 amide bonds. The summed E-state index contributed by atoms with van der Waals surface area (Å²) in [6.07, 6.45) is 1.65.